The molecule has 1 unspecified atom stereocenters. The van der Waals surface area contributed by atoms with Gasteiger partial charge in [0.05, 0.1) is 0 Å². The molecule has 0 aromatic heterocycles. The van der Waals surface area contributed by atoms with Crippen molar-refractivity contribution in [2.75, 3.05) is 32.8 Å². The molecule has 0 amide bonds. The standard InChI is InChI=1S/C18H30N2O/c1-16(2)14-19-15-17-8-6-7-11-20(17)12-13-21-18-9-4-3-5-10-18/h3-5,9-10,16-17,19H,6-8,11-15H2,1-2H3. The Hall–Kier alpha value is -1.06. The van der Waals surface area contributed by atoms with Crippen molar-refractivity contribution >= 4 is 0 Å². The Morgan fingerprint density at radius 3 is 2.81 bits per heavy atom. The molecular weight excluding hydrogens is 260 g/mol. The number of para-hydroxylation sites is 1. The largest absolute Gasteiger partial charge is 0.492 e. The van der Waals surface area contributed by atoms with Gasteiger partial charge in [0, 0.05) is 19.1 Å². The molecule has 0 radical (unpaired) electrons. The molecule has 1 aromatic rings. The monoisotopic (exact) mass is 290 g/mol. The van der Waals surface area contributed by atoms with Gasteiger partial charge >= 0.3 is 0 Å². The third-order valence-electron chi connectivity index (χ3n) is 4.07. The van der Waals surface area contributed by atoms with Gasteiger partial charge in [-0.25, -0.2) is 0 Å². The Balaban J connectivity index is 1.71. The van der Waals surface area contributed by atoms with E-state index in [2.05, 4.69) is 24.1 Å². The second-order valence-corrected chi connectivity index (χ2v) is 6.40. The Bertz CT molecular complexity index is 380. The molecule has 0 aliphatic carbocycles. The summed E-state index contributed by atoms with van der Waals surface area (Å²) in [5.41, 5.74) is 0. The zero-order valence-electron chi connectivity index (χ0n) is 13.6. The van der Waals surface area contributed by atoms with Gasteiger partial charge in [-0.05, 0) is 44.0 Å². The quantitative estimate of drug-likeness (QED) is 0.796. The van der Waals surface area contributed by atoms with Gasteiger partial charge in [-0.3, -0.25) is 4.90 Å². The molecule has 1 fully saturated rings. The van der Waals surface area contributed by atoms with Crippen LogP contribution in [0.2, 0.25) is 0 Å². The maximum Gasteiger partial charge on any atom is 0.119 e. The zero-order chi connectivity index (χ0) is 14.9. The van der Waals surface area contributed by atoms with Gasteiger partial charge in [0.25, 0.3) is 0 Å². The molecular formula is C18H30N2O. The maximum atomic E-state index is 5.84. The van der Waals surface area contributed by atoms with Crippen molar-refractivity contribution in [1.29, 1.82) is 0 Å². The molecule has 1 saturated heterocycles. The van der Waals surface area contributed by atoms with Crippen LogP contribution in [0, 0.1) is 5.92 Å². The number of benzene rings is 1. The van der Waals surface area contributed by atoms with E-state index in [4.69, 9.17) is 4.74 Å². The van der Waals surface area contributed by atoms with Crippen molar-refractivity contribution in [1.82, 2.24) is 10.2 Å². The lowest BCUT2D eigenvalue weighted by Gasteiger charge is -2.36. The maximum absolute atomic E-state index is 5.84. The summed E-state index contributed by atoms with van der Waals surface area (Å²) in [6.45, 7) is 9.78. The average molecular weight is 290 g/mol. The number of likely N-dealkylation sites (tertiary alicyclic amines) is 1. The normalized spacial score (nSPS) is 19.9. The van der Waals surface area contributed by atoms with E-state index in [9.17, 15) is 0 Å². The van der Waals surface area contributed by atoms with Crippen molar-refractivity contribution in [2.45, 2.75) is 39.2 Å². The van der Waals surface area contributed by atoms with E-state index in [1.54, 1.807) is 0 Å². The van der Waals surface area contributed by atoms with E-state index in [-0.39, 0.29) is 0 Å². The van der Waals surface area contributed by atoms with Crippen LogP contribution in [-0.4, -0.2) is 43.7 Å². The third kappa shape index (κ3) is 6.06. The highest BCUT2D eigenvalue weighted by atomic mass is 16.5. The number of hydrogen-bond acceptors (Lipinski definition) is 3. The van der Waals surface area contributed by atoms with Gasteiger partial charge in [-0.1, -0.05) is 38.5 Å². The SMILES string of the molecule is CC(C)CNCC1CCCCN1CCOc1ccccc1. The smallest absolute Gasteiger partial charge is 0.119 e. The Kier molecular flexibility index (Phi) is 7.04. The fraction of sp³-hybridized carbons (Fsp3) is 0.667. The number of nitrogens with one attached hydrogen (secondary N) is 1. The minimum atomic E-state index is 0.678. The second-order valence-electron chi connectivity index (χ2n) is 6.40. The van der Waals surface area contributed by atoms with E-state index in [1.807, 2.05) is 30.3 Å². The summed E-state index contributed by atoms with van der Waals surface area (Å²) in [5, 5.41) is 3.61. The van der Waals surface area contributed by atoms with Gasteiger partial charge in [-0.2, -0.15) is 0 Å². The summed E-state index contributed by atoms with van der Waals surface area (Å²) < 4.78 is 5.84. The van der Waals surface area contributed by atoms with E-state index < -0.39 is 0 Å². The van der Waals surface area contributed by atoms with E-state index in [1.165, 1.54) is 25.8 Å². The van der Waals surface area contributed by atoms with Crippen molar-refractivity contribution in [2.24, 2.45) is 5.92 Å². The molecule has 1 heterocycles. The fourth-order valence-corrected chi connectivity index (χ4v) is 2.92. The predicted molar refractivity (Wildman–Crippen MR) is 88.9 cm³/mol. The van der Waals surface area contributed by atoms with Crippen LogP contribution in [0.15, 0.2) is 30.3 Å². The molecule has 0 bridgehead atoms. The summed E-state index contributed by atoms with van der Waals surface area (Å²) in [6, 6.07) is 10.8. The van der Waals surface area contributed by atoms with Gasteiger partial charge < -0.3 is 10.1 Å². The fourth-order valence-electron chi connectivity index (χ4n) is 2.92. The van der Waals surface area contributed by atoms with Crippen LogP contribution in [0.3, 0.4) is 0 Å². The summed E-state index contributed by atoms with van der Waals surface area (Å²) in [5.74, 6) is 1.70. The van der Waals surface area contributed by atoms with Crippen LogP contribution >= 0.6 is 0 Å². The lowest BCUT2D eigenvalue weighted by atomic mass is 10.0. The summed E-state index contributed by atoms with van der Waals surface area (Å²) in [7, 11) is 0. The first kappa shape index (κ1) is 16.3. The zero-order valence-corrected chi connectivity index (χ0v) is 13.6. The van der Waals surface area contributed by atoms with Crippen molar-refractivity contribution < 1.29 is 4.74 Å². The van der Waals surface area contributed by atoms with Crippen LogP contribution in [0.5, 0.6) is 5.75 Å². The number of nitrogens with zero attached hydrogens (tertiary/aromatic N) is 1. The van der Waals surface area contributed by atoms with E-state index in [0.29, 0.717) is 6.04 Å². The van der Waals surface area contributed by atoms with Crippen LogP contribution in [0.25, 0.3) is 0 Å². The molecule has 1 atom stereocenters. The number of piperidine rings is 1. The molecule has 3 nitrogen and oxygen atoms in total. The van der Waals surface area contributed by atoms with Gasteiger partial charge in [-0.15, -0.1) is 0 Å². The number of hydrogen-bond donors (Lipinski definition) is 1. The Morgan fingerprint density at radius 2 is 2.05 bits per heavy atom. The van der Waals surface area contributed by atoms with Crippen molar-refractivity contribution in [3.8, 4) is 5.75 Å². The molecule has 0 spiro atoms. The molecule has 1 aliphatic rings. The van der Waals surface area contributed by atoms with Gasteiger partial charge in [0.1, 0.15) is 12.4 Å². The van der Waals surface area contributed by atoms with Crippen LogP contribution < -0.4 is 10.1 Å². The highest BCUT2D eigenvalue weighted by Gasteiger charge is 2.21. The summed E-state index contributed by atoms with van der Waals surface area (Å²) >= 11 is 0. The second kappa shape index (κ2) is 9.06. The third-order valence-corrected chi connectivity index (χ3v) is 4.07. The van der Waals surface area contributed by atoms with E-state index in [0.717, 1.165) is 37.9 Å². The minimum Gasteiger partial charge on any atom is -0.492 e. The molecule has 2 rings (SSSR count). The highest BCUT2D eigenvalue weighted by Crippen LogP contribution is 2.16. The summed E-state index contributed by atoms with van der Waals surface area (Å²) in [4.78, 5) is 2.60. The van der Waals surface area contributed by atoms with Gasteiger partial charge in [0.2, 0.25) is 0 Å². The summed E-state index contributed by atoms with van der Waals surface area (Å²) in [6.07, 6.45) is 4.01. The lowest BCUT2D eigenvalue weighted by Crippen LogP contribution is -2.47. The molecule has 1 aromatic carbocycles. The first-order chi connectivity index (χ1) is 10.3. The minimum absolute atomic E-state index is 0.678. The van der Waals surface area contributed by atoms with E-state index >= 15 is 0 Å². The predicted octanol–water partition coefficient (Wildman–Crippen LogP) is 3.17. The van der Waals surface area contributed by atoms with Crippen molar-refractivity contribution in [3.63, 3.8) is 0 Å². The topological polar surface area (TPSA) is 24.5 Å². The molecule has 21 heavy (non-hydrogen) atoms. The molecule has 3 heteroatoms. The first-order valence-electron chi connectivity index (χ1n) is 8.38. The average Bonchev–Trinajstić information content (AvgIpc) is 2.49. The highest BCUT2D eigenvalue weighted by molar-refractivity contribution is 5.20. The van der Waals surface area contributed by atoms with Crippen LogP contribution in [0.4, 0.5) is 0 Å². The first-order valence-corrected chi connectivity index (χ1v) is 8.38. The molecule has 0 saturated carbocycles. The molecule has 1 N–H and O–H groups in total. The number of rotatable bonds is 8. The lowest BCUT2D eigenvalue weighted by molar-refractivity contribution is 0.121. The van der Waals surface area contributed by atoms with Gasteiger partial charge in [0.15, 0.2) is 0 Å². The Labute approximate surface area is 129 Å². The Morgan fingerprint density at radius 1 is 1.24 bits per heavy atom. The molecule has 118 valence electrons. The number of ether oxygens (including phenoxy) is 1. The van der Waals surface area contributed by atoms with Crippen LogP contribution in [0.1, 0.15) is 33.1 Å². The molecule has 1 aliphatic heterocycles. The van der Waals surface area contributed by atoms with Crippen molar-refractivity contribution in [3.05, 3.63) is 30.3 Å². The van der Waals surface area contributed by atoms with Crippen LogP contribution in [-0.2, 0) is 0 Å².